The lowest BCUT2D eigenvalue weighted by Gasteiger charge is -2.33. The zero-order valence-electron chi connectivity index (χ0n) is 12.2. The smallest absolute Gasteiger partial charge is 0.349 e. The fourth-order valence-electron chi connectivity index (χ4n) is 2.35. The highest BCUT2D eigenvalue weighted by molar-refractivity contribution is 7.89. The molecule has 6 nitrogen and oxygen atoms in total. The van der Waals surface area contributed by atoms with Crippen LogP contribution in [0, 0.1) is 12.8 Å². The van der Waals surface area contributed by atoms with Gasteiger partial charge in [-0.25, -0.2) is 13.2 Å². The Bertz CT molecular complexity index is 637. The number of sulfonamides is 1. The molecule has 0 bridgehead atoms. The minimum atomic E-state index is -3.81. The first kappa shape index (κ1) is 16.4. The Labute approximate surface area is 128 Å². The number of aliphatic hydroxyl groups excluding tert-OH is 1. The van der Waals surface area contributed by atoms with Crippen LogP contribution >= 0.6 is 11.3 Å². The summed E-state index contributed by atoms with van der Waals surface area (Å²) in [6.07, 6.45) is -0.0917. The number of carbonyl (C=O) groups excluding carboxylic acids is 1. The van der Waals surface area contributed by atoms with Gasteiger partial charge in [0.2, 0.25) is 10.0 Å². The molecule has 1 aromatic rings. The van der Waals surface area contributed by atoms with Gasteiger partial charge >= 0.3 is 5.97 Å². The van der Waals surface area contributed by atoms with E-state index < -0.39 is 22.1 Å². The molecular formula is C13H19NO5S2. The Morgan fingerprint density at radius 3 is 2.76 bits per heavy atom. The normalized spacial score (nSPS) is 24.0. The molecule has 1 fully saturated rings. The molecule has 2 rings (SSSR count). The topological polar surface area (TPSA) is 83.9 Å². The quantitative estimate of drug-likeness (QED) is 0.841. The number of hydrogen-bond donors (Lipinski definition) is 1. The zero-order valence-corrected chi connectivity index (χ0v) is 13.8. The number of aliphatic hydroxyl groups is 1. The molecular weight excluding hydrogens is 314 g/mol. The summed E-state index contributed by atoms with van der Waals surface area (Å²) in [5.41, 5.74) is 0.522. The molecule has 0 spiro atoms. The molecule has 1 aliphatic rings. The molecule has 8 heteroatoms. The predicted octanol–water partition coefficient (Wildman–Crippen LogP) is 1.23. The monoisotopic (exact) mass is 333 g/mol. The number of piperidine rings is 1. The maximum absolute atomic E-state index is 12.8. The first-order valence-electron chi connectivity index (χ1n) is 6.63. The van der Waals surface area contributed by atoms with Gasteiger partial charge in [-0.3, -0.25) is 0 Å². The van der Waals surface area contributed by atoms with Crippen LogP contribution in [-0.2, 0) is 14.8 Å². The van der Waals surface area contributed by atoms with Crippen LogP contribution in [0.4, 0.5) is 0 Å². The fourth-order valence-corrected chi connectivity index (χ4v) is 5.49. The van der Waals surface area contributed by atoms with Crippen LogP contribution < -0.4 is 0 Å². The van der Waals surface area contributed by atoms with Crippen LogP contribution in [-0.4, -0.2) is 50.1 Å². The average molecular weight is 333 g/mol. The van der Waals surface area contributed by atoms with Crippen molar-refractivity contribution in [3.05, 3.63) is 15.8 Å². The number of thiophene rings is 1. The van der Waals surface area contributed by atoms with Gasteiger partial charge in [-0.05, 0) is 30.2 Å². The molecule has 118 valence electrons. The Morgan fingerprint density at radius 2 is 2.19 bits per heavy atom. The third kappa shape index (κ3) is 2.98. The average Bonchev–Trinajstić information content (AvgIpc) is 2.83. The van der Waals surface area contributed by atoms with E-state index in [0.29, 0.717) is 18.5 Å². The molecule has 1 aromatic heterocycles. The van der Waals surface area contributed by atoms with Crippen molar-refractivity contribution in [3.8, 4) is 0 Å². The second kappa shape index (κ2) is 6.04. The summed E-state index contributed by atoms with van der Waals surface area (Å²) >= 11 is 1.06. The van der Waals surface area contributed by atoms with E-state index in [1.54, 1.807) is 12.3 Å². The van der Waals surface area contributed by atoms with Gasteiger partial charge in [0.15, 0.2) is 0 Å². The number of nitrogens with zero attached hydrogens (tertiary/aromatic N) is 1. The molecule has 1 saturated heterocycles. The highest BCUT2D eigenvalue weighted by atomic mass is 32.2. The predicted molar refractivity (Wildman–Crippen MR) is 78.9 cm³/mol. The summed E-state index contributed by atoms with van der Waals surface area (Å²) in [4.78, 5) is 11.8. The van der Waals surface area contributed by atoms with Crippen molar-refractivity contribution >= 4 is 27.3 Å². The maximum atomic E-state index is 12.8. The molecule has 2 unspecified atom stereocenters. The summed E-state index contributed by atoms with van der Waals surface area (Å²) in [7, 11) is -2.59. The first-order chi connectivity index (χ1) is 9.78. The number of methoxy groups -OCH3 is 1. The largest absolute Gasteiger partial charge is 0.465 e. The summed E-state index contributed by atoms with van der Waals surface area (Å²) in [5.74, 6) is -0.585. The SMILES string of the molecule is COC(=O)c1scc(C)c1S(=O)(=O)N1CCC(C)C(O)C1. The van der Waals surface area contributed by atoms with E-state index in [1.165, 1.54) is 11.4 Å². The maximum Gasteiger partial charge on any atom is 0.349 e. The lowest BCUT2D eigenvalue weighted by atomic mass is 9.98. The highest BCUT2D eigenvalue weighted by Gasteiger charge is 2.36. The van der Waals surface area contributed by atoms with E-state index in [4.69, 9.17) is 0 Å². The van der Waals surface area contributed by atoms with Gasteiger partial charge in [0.1, 0.15) is 9.77 Å². The molecule has 1 N–H and O–H groups in total. The minimum absolute atomic E-state index is 0.00102. The lowest BCUT2D eigenvalue weighted by Crippen LogP contribution is -2.46. The van der Waals surface area contributed by atoms with Crippen LogP contribution in [0.2, 0.25) is 0 Å². The van der Waals surface area contributed by atoms with Crippen LogP contribution in [0.1, 0.15) is 28.6 Å². The number of β-amino-alcohol motifs (C(OH)–C–C–N with tert-alkyl or cyclic N) is 1. The fraction of sp³-hybridized carbons (Fsp3) is 0.615. The Balaban J connectivity index is 2.41. The van der Waals surface area contributed by atoms with Crippen molar-refractivity contribution in [3.63, 3.8) is 0 Å². The number of esters is 1. The van der Waals surface area contributed by atoms with Crippen molar-refractivity contribution in [2.45, 2.75) is 31.3 Å². The zero-order chi connectivity index (χ0) is 15.8. The molecule has 0 amide bonds. The number of rotatable bonds is 3. The van der Waals surface area contributed by atoms with Gasteiger partial charge in [-0.2, -0.15) is 4.31 Å². The van der Waals surface area contributed by atoms with Crippen LogP contribution in [0.25, 0.3) is 0 Å². The Kier molecular flexibility index (Phi) is 4.72. The number of aryl methyl sites for hydroxylation is 1. The van der Waals surface area contributed by atoms with Gasteiger partial charge in [-0.1, -0.05) is 6.92 Å². The standard InChI is InChI=1S/C13H19NO5S2/c1-8-4-5-14(6-10(8)15)21(17,18)12-9(2)7-20-11(12)13(16)19-3/h7-8,10,15H,4-6H2,1-3H3. The third-order valence-electron chi connectivity index (χ3n) is 3.77. The second-order valence-electron chi connectivity index (χ2n) is 5.26. The van der Waals surface area contributed by atoms with Gasteiger partial charge in [0, 0.05) is 13.1 Å². The molecule has 0 saturated carbocycles. The molecule has 0 aromatic carbocycles. The summed E-state index contributed by atoms with van der Waals surface area (Å²) in [5, 5.41) is 11.5. The van der Waals surface area contributed by atoms with E-state index in [2.05, 4.69) is 4.74 Å². The second-order valence-corrected chi connectivity index (χ2v) is 8.02. The molecule has 2 heterocycles. The van der Waals surface area contributed by atoms with E-state index >= 15 is 0 Å². The van der Waals surface area contributed by atoms with Crippen molar-refractivity contribution in [1.29, 1.82) is 0 Å². The summed E-state index contributed by atoms with van der Waals surface area (Å²) < 4.78 is 31.5. The molecule has 21 heavy (non-hydrogen) atoms. The van der Waals surface area contributed by atoms with E-state index in [-0.39, 0.29) is 22.2 Å². The van der Waals surface area contributed by atoms with Crippen molar-refractivity contribution in [1.82, 2.24) is 4.31 Å². The number of carbonyl (C=O) groups is 1. The van der Waals surface area contributed by atoms with Gasteiger partial charge in [0.05, 0.1) is 13.2 Å². The summed E-state index contributed by atoms with van der Waals surface area (Å²) in [6, 6.07) is 0. The van der Waals surface area contributed by atoms with E-state index in [9.17, 15) is 18.3 Å². The highest BCUT2D eigenvalue weighted by Crippen LogP contribution is 2.32. The van der Waals surface area contributed by atoms with Gasteiger partial charge in [0.25, 0.3) is 0 Å². The first-order valence-corrected chi connectivity index (χ1v) is 8.95. The van der Waals surface area contributed by atoms with E-state index in [0.717, 1.165) is 11.3 Å². The molecule has 0 aliphatic carbocycles. The molecule has 1 aliphatic heterocycles. The summed E-state index contributed by atoms with van der Waals surface area (Å²) in [6.45, 7) is 3.94. The minimum Gasteiger partial charge on any atom is -0.465 e. The number of hydrogen-bond acceptors (Lipinski definition) is 6. The molecule has 0 radical (unpaired) electrons. The van der Waals surface area contributed by atoms with Crippen molar-refractivity contribution in [2.75, 3.05) is 20.2 Å². The van der Waals surface area contributed by atoms with E-state index in [1.807, 2.05) is 6.92 Å². The third-order valence-corrected chi connectivity index (χ3v) is 7.03. The van der Waals surface area contributed by atoms with Crippen LogP contribution in [0.3, 0.4) is 0 Å². The van der Waals surface area contributed by atoms with Crippen LogP contribution in [0.15, 0.2) is 10.3 Å². The Hall–Kier alpha value is -0.960. The van der Waals surface area contributed by atoms with Crippen molar-refractivity contribution < 1.29 is 23.1 Å². The Morgan fingerprint density at radius 1 is 1.52 bits per heavy atom. The van der Waals surface area contributed by atoms with Gasteiger partial charge < -0.3 is 9.84 Å². The molecule has 2 atom stereocenters. The number of ether oxygens (including phenoxy) is 1. The van der Waals surface area contributed by atoms with Crippen LogP contribution in [0.5, 0.6) is 0 Å². The van der Waals surface area contributed by atoms with Crippen molar-refractivity contribution in [2.24, 2.45) is 5.92 Å². The lowest BCUT2D eigenvalue weighted by molar-refractivity contribution is 0.0593. The van der Waals surface area contributed by atoms with Gasteiger partial charge in [-0.15, -0.1) is 11.3 Å².